The highest BCUT2D eigenvalue weighted by Crippen LogP contribution is 2.29. The first-order valence-corrected chi connectivity index (χ1v) is 10.6. The number of carbonyl (C=O) groups excluding carboxylic acids is 2. The first-order chi connectivity index (χ1) is 14.8. The highest BCUT2D eigenvalue weighted by atomic mass is 35.5. The van der Waals surface area contributed by atoms with Crippen molar-refractivity contribution in [3.05, 3.63) is 57.6 Å². The molecule has 0 saturated carbocycles. The number of nitrogens with zero attached hydrogens (tertiary/aromatic N) is 1. The molecule has 2 rings (SSSR count). The van der Waals surface area contributed by atoms with Gasteiger partial charge < -0.3 is 14.8 Å². The van der Waals surface area contributed by atoms with E-state index < -0.39 is 11.8 Å². The van der Waals surface area contributed by atoms with Crippen molar-refractivity contribution in [2.45, 2.75) is 39.8 Å². The zero-order valence-electron chi connectivity index (χ0n) is 17.6. The fourth-order valence-electron chi connectivity index (χ4n) is 2.39. The van der Waals surface area contributed by atoms with E-state index in [9.17, 15) is 9.59 Å². The Morgan fingerprint density at radius 1 is 1.03 bits per heavy atom. The Labute approximate surface area is 191 Å². The maximum Gasteiger partial charge on any atom is 0.329 e. The predicted molar refractivity (Wildman–Crippen MR) is 122 cm³/mol. The molecule has 0 aliphatic carbocycles. The van der Waals surface area contributed by atoms with Gasteiger partial charge >= 0.3 is 11.8 Å². The van der Waals surface area contributed by atoms with Crippen LogP contribution in [0.4, 0.5) is 0 Å². The van der Waals surface area contributed by atoms with Gasteiger partial charge in [0.25, 0.3) is 0 Å². The molecule has 0 fully saturated rings. The van der Waals surface area contributed by atoms with E-state index in [1.165, 1.54) is 6.21 Å². The van der Waals surface area contributed by atoms with E-state index in [0.29, 0.717) is 33.7 Å². The molecule has 0 aliphatic heterocycles. The van der Waals surface area contributed by atoms with E-state index in [2.05, 4.69) is 15.8 Å². The zero-order valence-corrected chi connectivity index (χ0v) is 19.1. The van der Waals surface area contributed by atoms with Crippen LogP contribution in [-0.2, 0) is 16.2 Å². The number of nitrogens with one attached hydrogen (secondary N) is 2. The quantitative estimate of drug-likeness (QED) is 0.327. The van der Waals surface area contributed by atoms with E-state index in [1.54, 1.807) is 30.3 Å². The largest absolute Gasteiger partial charge is 0.490 e. The van der Waals surface area contributed by atoms with Gasteiger partial charge in [-0.2, -0.15) is 5.10 Å². The number of hydrogen-bond acceptors (Lipinski definition) is 5. The Hall–Kier alpha value is -2.77. The van der Waals surface area contributed by atoms with Crippen molar-refractivity contribution in [1.82, 2.24) is 10.7 Å². The second-order valence-electron chi connectivity index (χ2n) is 6.66. The summed E-state index contributed by atoms with van der Waals surface area (Å²) in [6, 6.07) is 10.4. The van der Waals surface area contributed by atoms with Crippen LogP contribution in [0.1, 0.15) is 38.3 Å². The Morgan fingerprint density at radius 3 is 2.48 bits per heavy atom. The lowest BCUT2D eigenvalue weighted by atomic mass is 10.2. The predicted octanol–water partition coefficient (Wildman–Crippen LogP) is 4.34. The number of halogens is 2. The van der Waals surface area contributed by atoms with Gasteiger partial charge in [-0.05, 0) is 61.7 Å². The molecule has 166 valence electrons. The summed E-state index contributed by atoms with van der Waals surface area (Å²) in [4.78, 5) is 23.5. The fraction of sp³-hybridized carbons (Fsp3) is 0.318. The highest BCUT2D eigenvalue weighted by Gasteiger charge is 2.14. The number of amides is 2. The van der Waals surface area contributed by atoms with Crippen LogP contribution in [0, 0.1) is 0 Å². The van der Waals surface area contributed by atoms with Crippen LogP contribution < -0.4 is 20.2 Å². The van der Waals surface area contributed by atoms with Crippen molar-refractivity contribution in [3.8, 4) is 11.5 Å². The van der Waals surface area contributed by atoms with E-state index in [-0.39, 0.29) is 12.6 Å². The molecule has 0 unspecified atom stereocenters. The number of carbonyl (C=O) groups is 2. The molecule has 0 spiro atoms. The average Bonchev–Trinajstić information content (AvgIpc) is 2.75. The molecular formula is C22H25Cl2N3O4. The van der Waals surface area contributed by atoms with Gasteiger partial charge in [0.05, 0.1) is 22.9 Å². The minimum atomic E-state index is -0.830. The van der Waals surface area contributed by atoms with E-state index >= 15 is 0 Å². The molecule has 2 N–H and O–H groups in total. The smallest absolute Gasteiger partial charge is 0.329 e. The Morgan fingerprint density at radius 2 is 1.81 bits per heavy atom. The summed E-state index contributed by atoms with van der Waals surface area (Å²) in [6.45, 7) is 6.31. The lowest BCUT2D eigenvalue weighted by Crippen LogP contribution is -2.41. The molecule has 0 aromatic heterocycles. The summed E-state index contributed by atoms with van der Waals surface area (Å²) in [5.74, 6) is -0.495. The van der Waals surface area contributed by atoms with Gasteiger partial charge in [-0.1, -0.05) is 36.2 Å². The third kappa shape index (κ3) is 7.77. The summed E-state index contributed by atoms with van der Waals surface area (Å²) < 4.78 is 11.5. The molecular weight excluding hydrogens is 441 g/mol. The number of rotatable bonds is 9. The van der Waals surface area contributed by atoms with Crippen LogP contribution in [0.25, 0.3) is 0 Å². The third-order valence-electron chi connectivity index (χ3n) is 4.22. The normalized spacial score (nSPS) is 11.8. The summed E-state index contributed by atoms with van der Waals surface area (Å²) in [6.07, 6.45) is 2.14. The number of hydrogen-bond donors (Lipinski definition) is 2. The Kier molecular flexibility index (Phi) is 9.62. The van der Waals surface area contributed by atoms with Gasteiger partial charge in [0.1, 0.15) is 6.61 Å². The van der Waals surface area contributed by atoms with Gasteiger partial charge in [0, 0.05) is 6.04 Å². The number of ether oxygens (including phenoxy) is 2. The molecule has 0 aliphatic rings. The second-order valence-corrected chi connectivity index (χ2v) is 7.47. The first-order valence-electron chi connectivity index (χ1n) is 9.81. The highest BCUT2D eigenvalue weighted by molar-refractivity contribution is 6.42. The zero-order chi connectivity index (χ0) is 22.8. The Bertz CT molecular complexity index is 950. The summed E-state index contributed by atoms with van der Waals surface area (Å²) in [5, 5.41) is 7.34. The van der Waals surface area contributed by atoms with Gasteiger partial charge in [-0.15, -0.1) is 0 Å². The van der Waals surface area contributed by atoms with Crippen molar-refractivity contribution in [1.29, 1.82) is 0 Å². The summed E-state index contributed by atoms with van der Waals surface area (Å²) in [5.41, 5.74) is 3.73. The molecule has 2 amide bonds. The summed E-state index contributed by atoms with van der Waals surface area (Å²) in [7, 11) is 0. The molecule has 0 bridgehead atoms. The topological polar surface area (TPSA) is 89.0 Å². The van der Waals surface area contributed by atoms with Crippen LogP contribution in [0.2, 0.25) is 10.0 Å². The monoisotopic (exact) mass is 465 g/mol. The molecule has 0 radical (unpaired) electrons. The van der Waals surface area contributed by atoms with Gasteiger partial charge in [0.15, 0.2) is 11.5 Å². The molecule has 31 heavy (non-hydrogen) atoms. The minimum Gasteiger partial charge on any atom is -0.490 e. The Balaban J connectivity index is 2.01. The average molecular weight is 466 g/mol. The van der Waals surface area contributed by atoms with Crippen LogP contribution >= 0.6 is 23.2 Å². The third-order valence-corrected chi connectivity index (χ3v) is 4.96. The number of benzene rings is 2. The SMILES string of the molecule is CCOc1cc(/C=N\NC(=O)C(=O)N[C@@H](C)CC)ccc1OCc1ccc(Cl)c(Cl)c1. The van der Waals surface area contributed by atoms with Crippen molar-refractivity contribution in [2.24, 2.45) is 5.10 Å². The first kappa shape index (κ1) is 24.5. The lowest BCUT2D eigenvalue weighted by Gasteiger charge is -2.13. The minimum absolute atomic E-state index is 0.0903. The van der Waals surface area contributed by atoms with Gasteiger partial charge in [-0.3, -0.25) is 9.59 Å². The molecule has 9 heteroatoms. The van der Waals surface area contributed by atoms with Crippen LogP contribution in [0.15, 0.2) is 41.5 Å². The van der Waals surface area contributed by atoms with Crippen molar-refractivity contribution in [3.63, 3.8) is 0 Å². The molecule has 0 saturated heterocycles. The van der Waals surface area contributed by atoms with Crippen LogP contribution in [0.3, 0.4) is 0 Å². The standard InChI is InChI=1S/C22H25Cl2N3O4/c1-4-14(3)26-21(28)22(29)27-25-12-15-7-9-19(20(11-15)30-5-2)31-13-16-6-8-17(23)18(24)10-16/h6-12,14H,4-5,13H2,1-3H3,(H,26,28)(H,27,29)/b25-12-/t14-/m0/s1. The second kappa shape index (κ2) is 12.2. The van der Waals surface area contributed by atoms with Gasteiger partial charge in [0.2, 0.25) is 0 Å². The molecule has 1 atom stereocenters. The van der Waals surface area contributed by atoms with Crippen LogP contribution in [-0.4, -0.2) is 30.7 Å². The maximum atomic E-state index is 11.8. The molecule has 0 heterocycles. The van der Waals surface area contributed by atoms with E-state index in [4.69, 9.17) is 32.7 Å². The van der Waals surface area contributed by atoms with Crippen LogP contribution in [0.5, 0.6) is 11.5 Å². The van der Waals surface area contributed by atoms with Gasteiger partial charge in [-0.25, -0.2) is 5.43 Å². The maximum absolute atomic E-state index is 11.8. The van der Waals surface area contributed by atoms with E-state index in [1.807, 2.05) is 26.8 Å². The number of hydrazone groups is 1. The lowest BCUT2D eigenvalue weighted by molar-refractivity contribution is -0.139. The molecule has 2 aromatic carbocycles. The molecule has 2 aromatic rings. The van der Waals surface area contributed by atoms with Crippen molar-refractivity contribution >= 4 is 41.2 Å². The fourth-order valence-corrected chi connectivity index (χ4v) is 2.71. The summed E-state index contributed by atoms with van der Waals surface area (Å²) >= 11 is 12.0. The van der Waals surface area contributed by atoms with Crippen molar-refractivity contribution < 1.29 is 19.1 Å². The van der Waals surface area contributed by atoms with Crippen molar-refractivity contribution in [2.75, 3.05) is 6.61 Å². The molecule has 7 nitrogen and oxygen atoms in total. The van der Waals surface area contributed by atoms with E-state index in [0.717, 1.165) is 12.0 Å².